The quantitative estimate of drug-likeness (QED) is 0.778. The van der Waals surface area contributed by atoms with Crippen LogP contribution in [0, 0.1) is 5.82 Å². The molecule has 0 bridgehead atoms. The van der Waals surface area contributed by atoms with Crippen molar-refractivity contribution in [3.05, 3.63) is 71.7 Å². The van der Waals surface area contributed by atoms with Gasteiger partial charge in [-0.05, 0) is 35.9 Å². The first kappa shape index (κ1) is 15.2. The molecule has 2 aromatic carbocycles. The Balaban J connectivity index is 1.77. The highest BCUT2D eigenvalue weighted by atomic mass is 19.1. The molecule has 1 atom stereocenters. The average molecular weight is 312 g/mol. The number of benzene rings is 2. The summed E-state index contributed by atoms with van der Waals surface area (Å²) in [6, 6.07) is 13.0. The normalized spacial score (nSPS) is 12.3. The van der Waals surface area contributed by atoms with Crippen LogP contribution in [0.15, 0.2) is 54.7 Å². The van der Waals surface area contributed by atoms with Crippen LogP contribution in [0.3, 0.4) is 0 Å². The highest BCUT2D eigenvalue weighted by Gasteiger charge is 2.18. The van der Waals surface area contributed by atoms with Gasteiger partial charge in [-0.3, -0.25) is 4.79 Å². The van der Waals surface area contributed by atoms with Crippen molar-refractivity contribution in [1.82, 2.24) is 9.88 Å². The van der Waals surface area contributed by atoms with Gasteiger partial charge in [0.05, 0.1) is 12.6 Å². The third kappa shape index (κ3) is 3.10. The van der Waals surface area contributed by atoms with Gasteiger partial charge < -0.3 is 15.0 Å². The Morgan fingerprint density at radius 1 is 1.22 bits per heavy atom. The number of aromatic nitrogens is 1. The molecule has 0 radical (unpaired) electrons. The highest BCUT2D eigenvalue weighted by Crippen LogP contribution is 2.20. The molecular formula is C18H17FN2O2. The Labute approximate surface area is 133 Å². The van der Waals surface area contributed by atoms with Gasteiger partial charge in [0.1, 0.15) is 5.82 Å². The molecule has 1 unspecified atom stereocenters. The summed E-state index contributed by atoms with van der Waals surface area (Å²) in [6.45, 7) is 0.130. The standard InChI is InChI=1S/C18H17FN2O2/c1-21(11-17(22)12-5-7-13(19)8-6-12)18(23)15-3-2-4-16-14(15)9-10-20-16/h2-10,17,20,22H,11H2,1H3. The number of aliphatic hydroxyl groups is 1. The number of likely N-dealkylation sites (N-methyl/N-ethyl adjacent to an activating group) is 1. The van der Waals surface area contributed by atoms with Gasteiger partial charge in [-0.2, -0.15) is 0 Å². The van der Waals surface area contributed by atoms with Gasteiger partial charge >= 0.3 is 0 Å². The molecule has 0 aliphatic carbocycles. The zero-order valence-corrected chi connectivity index (χ0v) is 12.7. The van der Waals surface area contributed by atoms with Crippen molar-refractivity contribution >= 4 is 16.8 Å². The molecule has 3 rings (SSSR count). The number of carbonyl (C=O) groups is 1. The summed E-state index contributed by atoms with van der Waals surface area (Å²) in [5, 5.41) is 11.1. The zero-order valence-electron chi connectivity index (χ0n) is 12.7. The van der Waals surface area contributed by atoms with Gasteiger partial charge in [0.25, 0.3) is 5.91 Å². The van der Waals surface area contributed by atoms with E-state index >= 15 is 0 Å². The second-order valence-electron chi connectivity index (χ2n) is 5.50. The van der Waals surface area contributed by atoms with Crippen molar-refractivity contribution in [3.63, 3.8) is 0 Å². The molecule has 0 aliphatic heterocycles. The minimum atomic E-state index is -0.866. The number of hydrogen-bond donors (Lipinski definition) is 2. The van der Waals surface area contributed by atoms with Crippen molar-refractivity contribution in [2.45, 2.75) is 6.10 Å². The van der Waals surface area contributed by atoms with E-state index in [2.05, 4.69) is 4.98 Å². The van der Waals surface area contributed by atoms with Gasteiger partial charge in [0.15, 0.2) is 0 Å². The average Bonchev–Trinajstić information content (AvgIpc) is 3.03. The van der Waals surface area contributed by atoms with Crippen LogP contribution in [0.1, 0.15) is 22.0 Å². The molecule has 0 aliphatic rings. The number of H-pyrrole nitrogens is 1. The van der Waals surface area contributed by atoms with Crippen LogP contribution in [0.2, 0.25) is 0 Å². The summed E-state index contributed by atoms with van der Waals surface area (Å²) in [7, 11) is 1.64. The SMILES string of the molecule is CN(CC(O)c1ccc(F)cc1)C(=O)c1cccc2[nH]ccc12. The molecule has 23 heavy (non-hydrogen) atoms. The Bertz CT molecular complexity index is 826. The predicted octanol–water partition coefficient (Wildman–Crippen LogP) is 3.11. The molecule has 2 N–H and O–H groups in total. The maximum absolute atomic E-state index is 12.9. The number of rotatable bonds is 4. The van der Waals surface area contributed by atoms with Crippen LogP contribution >= 0.6 is 0 Å². The first-order valence-corrected chi connectivity index (χ1v) is 7.31. The maximum Gasteiger partial charge on any atom is 0.254 e. The number of nitrogens with one attached hydrogen (secondary N) is 1. The molecule has 0 saturated carbocycles. The first-order chi connectivity index (χ1) is 11.1. The molecule has 0 saturated heterocycles. The molecule has 3 aromatic rings. The summed E-state index contributed by atoms with van der Waals surface area (Å²) < 4.78 is 12.9. The zero-order chi connectivity index (χ0) is 16.4. The van der Waals surface area contributed by atoms with E-state index in [9.17, 15) is 14.3 Å². The van der Waals surface area contributed by atoms with Crippen molar-refractivity contribution in [3.8, 4) is 0 Å². The topological polar surface area (TPSA) is 56.3 Å². The Morgan fingerprint density at radius 2 is 1.96 bits per heavy atom. The lowest BCUT2D eigenvalue weighted by Gasteiger charge is -2.21. The predicted molar refractivity (Wildman–Crippen MR) is 86.6 cm³/mol. The lowest BCUT2D eigenvalue weighted by atomic mass is 10.1. The number of aliphatic hydroxyl groups excluding tert-OH is 1. The number of amides is 1. The molecule has 1 amide bonds. The van der Waals surface area contributed by atoms with E-state index in [4.69, 9.17) is 0 Å². The van der Waals surface area contributed by atoms with Crippen LogP contribution in [0.5, 0.6) is 0 Å². The Kier molecular flexibility index (Phi) is 4.12. The number of halogens is 1. The van der Waals surface area contributed by atoms with Crippen LogP contribution in [-0.4, -0.2) is 34.5 Å². The van der Waals surface area contributed by atoms with Gasteiger partial charge in [0.2, 0.25) is 0 Å². The molecule has 1 aromatic heterocycles. The summed E-state index contributed by atoms with van der Waals surface area (Å²) in [5.74, 6) is -0.527. The van der Waals surface area contributed by atoms with Gasteiger partial charge in [0, 0.05) is 29.7 Å². The van der Waals surface area contributed by atoms with Gasteiger partial charge in [-0.1, -0.05) is 18.2 Å². The van der Waals surface area contributed by atoms with E-state index in [1.807, 2.05) is 18.2 Å². The monoisotopic (exact) mass is 312 g/mol. The Hall–Kier alpha value is -2.66. The van der Waals surface area contributed by atoms with E-state index < -0.39 is 6.10 Å². The minimum Gasteiger partial charge on any atom is -0.387 e. The first-order valence-electron chi connectivity index (χ1n) is 7.31. The van der Waals surface area contributed by atoms with E-state index in [0.29, 0.717) is 11.1 Å². The molecule has 1 heterocycles. The summed E-state index contributed by atoms with van der Waals surface area (Å²) in [6.07, 6.45) is 0.921. The van der Waals surface area contributed by atoms with Crippen molar-refractivity contribution in [2.24, 2.45) is 0 Å². The molecule has 0 fully saturated rings. The number of nitrogens with zero attached hydrogens (tertiary/aromatic N) is 1. The van der Waals surface area contributed by atoms with Crippen LogP contribution < -0.4 is 0 Å². The highest BCUT2D eigenvalue weighted by molar-refractivity contribution is 6.06. The fraction of sp³-hybridized carbons (Fsp3) is 0.167. The van der Waals surface area contributed by atoms with Crippen LogP contribution in [0.4, 0.5) is 4.39 Å². The van der Waals surface area contributed by atoms with Gasteiger partial charge in [-0.25, -0.2) is 4.39 Å². The smallest absolute Gasteiger partial charge is 0.254 e. The summed E-state index contributed by atoms with van der Waals surface area (Å²) in [5.41, 5.74) is 2.05. The lowest BCUT2D eigenvalue weighted by molar-refractivity contribution is 0.0682. The summed E-state index contributed by atoms with van der Waals surface area (Å²) in [4.78, 5) is 17.2. The van der Waals surface area contributed by atoms with E-state index in [-0.39, 0.29) is 18.3 Å². The second kappa shape index (κ2) is 6.22. The molecule has 4 nitrogen and oxygen atoms in total. The second-order valence-corrected chi connectivity index (χ2v) is 5.50. The largest absolute Gasteiger partial charge is 0.387 e. The minimum absolute atomic E-state index is 0.130. The van der Waals surface area contributed by atoms with E-state index in [1.54, 1.807) is 19.3 Å². The van der Waals surface area contributed by atoms with Crippen LogP contribution in [0.25, 0.3) is 10.9 Å². The third-order valence-corrected chi connectivity index (χ3v) is 3.87. The lowest BCUT2D eigenvalue weighted by Crippen LogP contribution is -2.31. The fourth-order valence-electron chi connectivity index (χ4n) is 2.61. The van der Waals surface area contributed by atoms with Crippen LogP contribution in [-0.2, 0) is 0 Å². The van der Waals surface area contributed by atoms with Crippen molar-refractivity contribution < 1.29 is 14.3 Å². The summed E-state index contributed by atoms with van der Waals surface area (Å²) >= 11 is 0. The number of fused-ring (bicyclic) bond motifs is 1. The number of carbonyl (C=O) groups excluding carboxylic acids is 1. The maximum atomic E-state index is 12.9. The van der Waals surface area contributed by atoms with Crippen molar-refractivity contribution in [1.29, 1.82) is 0 Å². The van der Waals surface area contributed by atoms with E-state index in [0.717, 1.165) is 10.9 Å². The molecule has 5 heteroatoms. The third-order valence-electron chi connectivity index (χ3n) is 3.87. The molecular weight excluding hydrogens is 295 g/mol. The van der Waals surface area contributed by atoms with Gasteiger partial charge in [-0.15, -0.1) is 0 Å². The number of hydrogen-bond acceptors (Lipinski definition) is 2. The Morgan fingerprint density at radius 3 is 2.70 bits per heavy atom. The van der Waals surface area contributed by atoms with Crippen molar-refractivity contribution in [2.75, 3.05) is 13.6 Å². The fourth-order valence-corrected chi connectivity index (χ4v) is 2.61. The molecule has 0 spiro atoms. The number of aromatic amines is 1. The molecule has 118 valence electrons. The van der Waals surface area contributed by atoms with E-state index in [1.165, 1.54) is 29.2 Å².